The summed E-state index contributed by atoms with van der Waals surface area (Å²) in [5.41, 5.74) is 1.21. The lowest BCUT2D eigenvalue weighted by Gasteiger charge is -2.51. The van der Waals surface area contributed by atoms with Crippen molar-refractivity contribution in [2.45, 2.75) is 74.6 Å². The Balaban J connectivity index is 1.25. The summed E-state index contributed by atoms with van der Waals surface area (Å²) in [6, 6.07) is 40.1. The lowest BCUT2D eigenvalue weighted by atomic mass is 9.94. The number of carbonyl (C=O) groups is 5. The average molecular weight is 928 g/mol. The molecule has 5 aromatic rings. The van der Waals surface area contributed by atoms with Crippen molar-refractivity contribution in [3.63, 3.8) is 0 Å². The Hall–Kier alpha value is -7.05. The molecular weight excluding hydrogens is 879 g/mol. The maximum atomic E-state index is 14.3. The zero-order chi connectivity index (χ0) is 47.4. The van der Waals surface area contributed by atoms with E-state index in [9.17, 15) is 24.0 Å². The molecule has 16 nitrogen and oxygen atoms in total. The molecule has 5 aromatic carbocycles. The van der Waals surface area contributed by atoms with Crippen LogP contribution in [0, 0.1) is 0 Å². The van der Waals surface area contributed by atoms with E-state index in [0.29, 0.717) is 5.56 Å². The fourth-order valence-corrected chi connectivity index (χ4v) is 8.00. The van der Waals surface area contributed by atoms with Crippen LogP contribution < -0.4 is 5.32 Å². The Morgan fingerprint density at radius 3 is 1.59 bits per heavy atom. The monoisotopic (exact) mass is 927 g/mol. The van der Waals surface area contributed by atoms with E-state index < -0.39 is 104 Å². The van der Waals surface area contributed by atoms with Crippen LogP contribution in [0.4, 0.5) is 0 Å². The predicted octanol–water partition coefficient (Wildman–Crippen LogP) is 6.18. The highest BCUT2D eigenvalue weighted by Gasteiger charge is 2.58. The van der Waals surface area contributed by atoms with Crippen molar-refractivity contribution in [2.24, 2.45) is 0 Å². The molecule has 11 atom stereocenters. The van der Waals surface area contributed by atoms with Crippen LogP contribution in [0.5, 0.6) is 0 Å². The van der Waals surface area contributed by atoms with Gasteiger partial charge in [0.25, 0.3) is 0 Å². The molecule has 0 radical (unpaired) electrons. The Morgan fingerprint density at radius 1 is 0.588 bits per heavy atom. The average Bonchev–Trinajstić information content (AvgIpc) is 3.38. The van der Waals surface area contributed by atoms with Gasteiger partial charge in [-0.2, -0.15) is 0 Å². The molecule has 352 valence electrons. The maximum Gasteiger partial charge on any atom is 0.338 e. The summed E-state index contributed by atoms with van der Waals surface area (Å²) < 4.78 is 63.5. The number of rotatable bonds is 16. The fraction of sp³-hybridized carbons (Fsp3) is 0.288. The van der Waals surface area contributed by atoms with Crippen molar-refractivity contribution in [3.8, 4) is 0 Å². The molecule has 3 heterocycles. The zero-order valence-corrected chi connectivity index (χ0v) is 36.8. The van der Waals surface area contributed by atoms with E-state index in [1.54, 1.807) is 84.9 Å². The number of nitrogens with one attached hydrogen (secondary N) is 1. The van der Waals surface area contributed by atoms with Crippen molar-refractivity contribution in [1.29, 1.82) is 0 Å². The summed E-state index contributed by atoms with van der Waals surface area (Å²) in [7, 11) is 0. The molecule has 1 amide bonds. The molecule has 0 aromatic heterocycles. The molecule has 1 unspecified atom stereocenters. The first-order valence-corrected chi connectivity index (χ1v) is 21.9. The first-order chi connectivity index (χ1) is 33.2. The van der Waals surface area contributed by atoms with Crippen molar-refractivity contribution in [1.82, 2.24) is 5.32 Å². The second kappa shape index (κ2) is 22.6. The molecule has 68 heavy (non-hydrogen) atoms. The summed E-state index contributed by atoms with van der Waals surface area (Å²) in [5.74, 6) is -3.89. The Kier molecular flexibility index (Phi) is 15.8. The summed E-state index contributed by atoms with van der Waals surface area (Å²) in [4.78, 5) is 69.2. The molecule has 8 rings (SSSR count). The maximum absolute atomic E-state index is 14.3. The van der Waals surface area contributed by atoms with Crippen LogP contribution in [0.3, 0.4) is 0 Å². The summed E-state index contributed by atoms with van der Waals surface area (Å²) in [6.45, 7) is 4.44. The van der Waals surface area contributed by atoms with Crippen molar-refractivity contribution >= 4 is 29.8 Å². The van der Waals surface area contributed by atoms with Gasteiger partial charge in [-0.15, -0.1) is 6.58 Å². The highest BCUT2D eigenvalue weighted by atomic mass is 16.8. The summed E-state index contributed by atoms with van der Waals surface area (Å²) in [5, 5.41) is 2.88. The number of benzene rings is 5. The molecule has 16 heteroatoms. The van der Waals surface area contributed by atoms with Gasteiger partial charge in [-0.05, 0) is 48.5 Å². The highest BCUT2D eigenvalue weighted by Crippen LogP contribution is 2.39. The third kappa shape index (κ3) is 11.5. The van der Waals surface area contributed by atoms with E-state index in [0.717, 1.165) is 0 Å². The van der Waals surface area contributed by atoms with Gasteiger partial charge in [0.1, 0.15) is 37.1 Å². The smallest absolute Gasteiger partial charge is 0.338 e. The number of esters is 4. The molecular formula is C52H49NO15. The quantitative estimate of drug-likeness (QED) is 0.0671. The summed E-state index contributed by atoms with van der Waals surface area (Å²) >= 11 is 0. The van der Waals surface area contributed by atoms with E-state index in [1.807, 2.05) is 30.3 Å². The molecule has 0 spiro atoms. The standard InChI is InChI=1S/C52H49NO15/c1-3-29-59-51-40(53-32(2)54)43(41-39(62-51)31-61-50(67-41)37-27-17-8-18-28-37)68-52-45(66-49(58)36-25-15-7-16-26-36)44(65-48(57)35-23-13-6-14-24-35)42(64-47(56)34-21-11-5-12-22-34)38(63-52)30-60-46(55)33-19-9-4-10-20-33/h3-28,38-45,50-52H,1,29-31H2,2H3,(H,53,54)/t38-,39-,40-,41+,42+,43-,44+,45-,50?,51+,52+/m1/s1. The van der Waals surface area contributed by atoms with Gasteiger partial charge in [0.15, 0.2) is 37.2 Å². The van der Waals surface area contributed by atoms with Crippen LogP contribution in [0.25, 0.3) is 0 Å². The minimum atomic E-state index is -1.76. The SMILES string of the molecule is C=CCO[C@H]1O[C@@H]2COC(c3ccccc3)O[C@@H]2[C@H](O[C@@H]2O[C@H](COC(=O)c3ccccc3)[C@H](OC(=O)c3ccccc3)[C@H](OC(=O)c3ccccc3)[C@H]2OC(=O)c2ccccc2)[C@H]1NC(C)=O. The number of carbonyl (C=O) groups excluding carboxylic acids is 5. The van der Waals surface area contributed by atoms with Crippen LogP contribution in [0.2, 0.25) is 0 Å². The van der Waals surface area contributed by atoms with E-state index in [1.165, 1.54) is 49.4 Å². The van der Waals surface area contributed by atoms with E-state index >= 15 is 0 Å². The van der Waals surface area contributed by atoms with E-state index in [2.05, 4.69) is 11.9 Å². The number of amides is 1. The summed E-state index contributed by atoms with van der Waals surface area (Å²) in [6.07, 6.45) is -12.1. The van der Waals surface area contributed by atoms with E-state index in [-0.39, 0.29) is 35.5 Å². The van der Waals surface area contributed by atoms with Crippen molar-refractivity contribution < 1.29 is 71.3 Å². The van der Waals surface area contributed by atoms with Gasteiger partial charge in [-0.3, -0.25) is 4.79 Å². The van der Waals surface area contributed by atoms with Crippen LogP contribution in [0.1, 0.15) is 60.2 Å². The van der Waals surface area contributed by atoms with Crippen LogP contribution >= 0.6 is 0 Å². The third-order valence-electron chi connectivity index (χ3n) is 11.2. The normalized spacial score (nSPS) is 26.5. The fourth-order valence-electron chi connectivity index (χ4n) is 8.00. The Labute approximate surface area is 391 Å². The Bertz CT molecular complexity index is 2480. The molecule has 3 saturated heterocycles. The first-order valence-electron chi connectivity index (χ1n) is 21.9. The topological polar surface area (TPSA) is 190 Å². The van der Waals surface area contributed by atoms with Crippen LogP contribution in [-0.2, 0) is 52.2 Å². The third-order valence-corrected chi connectivity index (χ3v) is 11.2. The first kappa shape index (κ1) is 47.4. The lowest BCUT2D eigenvalue weighted by molar-refractivity contribution is -0.376. The largest absolute Gasteiger partial charge is 0.459 e. The predicted molar refractivity (Wildman–Crippen MR) is 240 cm³/mol. The second-order valence-electron chi connectivity index (χ2n) is 15.9. The number of hydrogen-bond donors (Lipinski definition) is 1. The molecule has 3 fully saturated rings. The van der Waals surface area contributed by atoms with E-state index in [4.69, 9.17) is 47.4 Å². The van der Waals surface area contributed by atoms with Gasteiger partial charge >= 0.3 is 23.9 Å². The molecule has 3 aliphatic heterocycles. The van der Waals surface area contributed by atoms with Crippen LogP contribution in [0.15, 0.2) is 164 Å². The zero-order valence-electron chi connectivity index (χ0n) is 36.8. The van der Waals surface area contributed by atoms with Gasteiger partial charge in [0, 0.05) is 12.5 Å². The molecule has 1 N–H and O–H groups in total. The highest BCUT2D eigenvalue weighted by molar-refractivity contribution is 5.91. The molecule has 0 aliphatic carbocycles. The number of hydrogen-bond acceptors (Lipinski definition) is 15. The van der Waals surface area contributed by atoms with Crippen molar-refractivity contribution in [2.75, 3.05) is 19.8 Å². The molecule has 0 saturated carbocycles. The van der Waals surface area contributed by atoms with Gasteiger partial charge in [0.2, 0.25) is 5.91 Å². The van der Waals surface area contributed by atoms with Crippen molar-refractivity contribution in [3.05, 3.63) is 192 Å². The number of fused-ring (bicyclic) bond motifs is 1. The second-order valence-corrected chi connectivity index (χ2v) is 15.9. The van der Waals surface area contributed by atoms with Crippen LogP contribution in [-0.4, -0.2) is 111 Å². The lowest BCUT2D eigenvalue weighted by Crippen LogP contribution is -2.70. The minimum Gasteiger partial charge on any atom is -0.459 e. The van der Waals surface area contributed by atoms with Gasteiger partial charge in [0.05, 0.1) is 35.5 Å². The number of ether oxygens (including phenoxy) is 10. The molecule has 0 bridgehead atoms. The van der Waals surface area contributed by atoms with Gasteiger partial charge in [-0.25, -0.2) is 19.2 Å². The van der Waals surface area contributed by atoms with Gasteiger partial charge < -0.3 is 52.7 Å². The Morgan fingerprint density at radius 2 is 1.07 bits per heavy atom. The minimum absolute atomic E-state index is 0.00269. The molecule has 3 aliphatic rings. The van der Waals surface area contributed by atoms with Gasteiger partial charge in [-0.1, -0.05) is 109 Å².